The first-order valence-corrected chi connectivity index (χ1v) is 6.00. The average Bonchev–Trinajstić information content (AvgIpc) is 2.65. The molecule has 90 valence electrons. The molecule has 0 radical (unpaired) electrons. The second-order valence-corrected chi connectivity index (χ2v) is 4.79. The number of aromatic carboxylic acids is 1. The minimum Gasteiger partial charge on any atom is -0.492 e. The third kappa shape index (κ3) is 3.50. The van der Waals surface area contributed by atoms with Crippen LogP contribution in [0.1, 0.15) is 23.0 Å². The molecule has 0 aliphatic rings. The van der Waals surface area contributed by atoms with Gasteiger partial charge in [0.25, 0.3) is 0 Å². The molecule has 0 saturated heterocycles. The van der Waals surface area contributed by atoms with Crippen LogP contribution in [0.25, 0.3) is 0 Å². The maximum absolute atomic E-state index is 10.8. The van der Waals surface area contributed by atoms with Gasteiger partial charge in [-0.25, -0.2) is 4.79 Å². The van der Waals surface area contributed by atoms with Gasteiger partial charge in [-0.15, -0.1) is 11.3 Å². The molecule has 0 amide bonds. The largest absolute Gasteiger partial charge is 0.492 e. The van der Waals surface area contributed by atoms with Crippen molar-refractivity contribution in [1.29, 1.82) is 0 Å². The first-order chi connectivity index (χ1) is 7.52. The average molecular weight is 243 g/mol. The van der Waals surface area contributed by atoms with Crippen molar-refractivity contribution in [3.05, 3.63) is 16.3 Å². The van der Waals surface area contributed by atoms with Crippen LogP contribution in [0.3, 0.4) is 0 Å². The summed E-state index contributed by atoms with van der Waals surface area (Å²) in [5.41, 5.74) is 0. The van der Waals surface area contributed by atoms with Crippen LogP contribution in [0.4, 0.5) is 0 Å². The molecule has 0 bridgehead atoms. The molecule has 0 saturated carbocycles. The van der Waals surface area contributed by atoms with E-state index in [0.29, 0.717) is 18.4 Å². The molecular weight excluding hydrogens is 226 g/mol. The Kier molecular flexibility index (Phi) is 4.76. The van der Waals surface area contributed by atoms with Crippen LogP contribution in [-0.4, -0.2) is 42.7 Å². The van der Waals surface area contributed by atoms with Gasteiger partial charge in [0, 0.05) is 6.04 Å². The number of thiophene rings is 1. The maximum Gasteiger partial charge on any atom is 0.349 e. The predicted molar refractivity (Wildman–Crippen MR) is 64.5 cm³/mol. The molecule has 1 heterocycles. The van der Waals surface area contributed by atoms with Gasteiger partial charge >= 0.3 is 5.97 Å². The van der Waals surface area contributed by atoms with Crippen molar-refractivity contribution >= 4 is 17.3 Å². The maximum atomic E-state index is 10.8. The molecule has 0 fully saturated rings. The minimum absolute atomic E-state index is 0.275. The first-order valence-electron chi connectivity index (χ1n) is 5.12. The Hall–Kier alpha value is -1.07. The number of hydrogen-bond acceptors (Lipinski definition) is 4. The fraction of sp³-hybridized carbons (Fsp3) is 0.545. The highest BCUT2D eigenvalue weighted by molar-refractivity contribution is 7.12. The summed E-state index contributed by atoms with van der Waals surface area (Å²) < 4.78 is 5.46. The molecular formula is C11H17NO3S. The standard InChI is InChI=1S/C11H17NO3S/c1-8(12(2)3)4-6-15-9-5-7-16-10(9)11(13)14/h5,7-8H,4,6H2,1-3H3,(H,13,14). The highest BCUT2D eigenvalue weighted by Crippen LogP contribution is 2.24. The van der Waals surface area contributed by atoms with Crippen LogP contribution >= 0.6 is 11.3 Å². The molecule has 1 aromatic heterocycles. The summed E-state index contributed by atoms with van der Waals surface area (Å²) in [6.07, 6.45) is 0.877. The first kappa shape index (κ1) is 13.0. The van der Waals surface area contributed by atoms with Gasteiger partial charge < -0.3 is 14.7 Å². The Morgan fingerprint density at radius 1 is 1.62 bits per heavy atom. The van der Waals surface area contributed by atoms with Crippen molar-refractivity contribution in [3.8, 4) is 5.75 Å². The van der Waals surface area contributed by atoms with Gasteiger partial charge in [-0.3, -0.25) is 0 Å². The van der Waals surface area contributed by atoms with Gasteiger partial charge in [0.15, 0.2) is 4.88 Å². The van der Waals surface area contributed by atoms with Crippen LogP contribution in [0.15, 0.2) is 11.4 Å². The van der Waals surface area contributed by atoms with E-state index in [1.165, 1.54) is 11.3 Å². The lowest BCUT2D eigenvalue weighted by atomic mass is 10.2. The van der Waals surface area contributed by atoms with E-state index in [9.17, 15) is 4.79 Å². The van der Waals surface area contributed by atoms with Gasteiger partial charge in [-0.2, -0.15) is 0 Å². The van der Waals surface area contributed by atoms with Crippen molar-refractivity contribution in [2.45, 2.75) is 19.4 Å². The lowest BCUT2D eigenvalue weighted by molar-refractivity contribution is 0.0697. The molecule has 0 aromatic carbocycles. The molecule has 4 nitrogen and oxygen atoms in total. The van der Waals surface area contributed by atoms with Gasteiger partial charge in [0.1, 0.15) is 5.75 Å². The van der Waals surface area contributed by atoms with Crippen LogP contribution < -0.4 is 4.74 Å². The van der Waals surface area contributed by atoms with Crippen molar-refractivity contribution in [1.82, 2.24) is 4.90 Å². The van der Waals surface area contributed by atoms with Gasteiger partial charge in [0.2, 0.25) is 0 Å². The number of hydrogen-bond donors (Lipinski definition) is 1. The molecule has 16 heavy (non-hydrogen) atoms. The van der Waals surface area contributed by atoms with Crippen LogP contribution in [0.2, 0.25) is 0 Å². The summed E-state index contributed by atoms with van der Waals surface area (Å²) >= 11 is 1.19. The third-order valence-electron chi connectivity index (χ3n) is 2.50. The van der Waals surface area contributed by atoms with Crippen molar-refractivity contribution in [2.75, 3.05) is 20.7 Å². The third-order valence-corrected chi connectivity index (χ3v) is 3.38. The fourth-order valence-electron chi connectivity index (χ4n) is 1.16. The molecule has 0 aliphatic carbocycles. The fourth-order valence-corrected chi connectivity index (χ4v) is 1.84. The summed E-state index contributed by atoms with van der Waals surface area (Å²) in [7, 11) is 4.02. The zero-order valence-corrected chi connectivity index (χ0v) is 10.6. The molecule has 1 aromatic rings. The zero-order valence-electron chi connectivity index (χ0n) is 9.77. The number of ether oxygens (including phenoxy) is 1. The van der Waals surface area contributed by atoms with Gasteiger partial charge in [-0.05, 0) is 38.9 Å². The van der Waals surface area contributed by atoms with E-state index in [4.69, 9.17) is 9.84 Å². The summed E-state index contributed by atoms with van der Waals surface area (Å²) in [6, 6.07) is 2.13. The number of carbonyl (C=O) groups is 1. The molecule has 1 atom stereocenters. The molecule has 1 N–H and O–H groups in total. The van der Waals surface area contributed by atoms with E-state index in [1.54, 1.807) is 11.4 Å². The van der Waals surface area contributed by atoms with Crippen molar-refractivity contribution in [3.63, 3.8) is 0 Å². The Bertz CT molecular complexity index is 349. The van der Waals surface area contributed by atoms with E-state index >= 15 is 0 Å². The number of carboxylic acid groups (broad SMARTS) is 1. The van der Waals surface area contributed by atoms with Crippen molar-refractivity contribution < 1.29 is 14.6 Å². The minimum atomic E-state index is -0.925. The monoisotopic (exact) mass is 243 g/mol. The Balaban J connectivity index is 2.43. The van der Waals surface area contributed by atoms with Crippen LogP contribution in [0, 0.1) is 0 Å². The number of rotatable bonds is 6. The summed E-state index contributed by atoms with van der Waals surface area (Å²) in [5, 5.41) is 10.6. The lowest BCUT2D eigenvalue weighted by Crippen LogP contribution is -2.26. The zero-order chi connectivity index (χ0) is 12.1. The molecule has 0 spiro atoms. The van der Waals surface area contributed by atoms with Gasteiger partial charge in [-0.1, -0.05) is 0 Å². The van der Waals surface area contributed by atoms with E-state index in [1.807, 2.05) is 14.1 Å². The Morgan fingerprint density at radius 3 is 2.88 bits per heavy atom. The Morgan fingerprint density at radius 2 is 2.31 bits per heavy atom. The Labute approximate surface area is 99.5 Å². The quantitative estimate of drug-likeness (QED) is 0.832. The molecule has 5 heteroatoms. The van der Waals surface area contributed by atoms with Crippen LogP contribution in [0.5, 0.6) is 5.75 Å². The lowest BCUT2D eigenvalue weighted by Gasteiger charge is -2.19. The van der Waals surface area contributed by atoms with Crippen molar-refractivity contribution in [2.24, 2.45) is 0 Å². The molecule has 1 rings (SSSR count). The highest BCUT2D eigenvalue weighted by atomic mass is 32.1. The second-order valence-electron chi connectivity index (χ2n) is 3.87. The van der Waals surface area contributed by atoms with E-state index in [0.717, 1.165) is 6.42 Å². The summed E-state index contributed by atoms with van der Waals surface area (Å²) in [4.78, 5) is 13.2. The highest BCUT2D eigenvalue weighted by Gasteiger charge is 2.13. The smallest absolute Gasteiger partial charge is 0.349 e. The SMILES string of the molecule is CC(CCOc1ccsc1C(=O)O)N(C)C. The molecule has 1 unspecified atom stereocenters. The van der Waals surface area contributed by atoms with E-state index in [-0.39, 0.29) is 4.88 Å². The molecule has 0 aliphatic heterocycles. The number of carboxylic acids is 1. The summed E-state index contributed by atoms with van der Waals surface area (Å²) in [6.45, 7) is 2.64. The predicted octanol–water partition coefficient (Wildman–Crippen LogP) is 2.17. The van der Waals surface area contributed by atoms with Crippen LogP contribution in [-0.2, 0) is 0 Å². The van der Waals surface area contributed by atoms with E-state index in [2.05, 4.69) is 11.8 Å². The topological polar surface area (TPSA) is 49.8 Å². The van der Waals surface area contributed by atoms with Gasteiger partial charge in [0.05, 0.1) is 6.61 Å². The number of nitrogens with zero attached hydrogens (tertiary/aromatic N) is 1. The second kappa shape index (κ2) is 5.86. The summed E-state index contributed by atoms with van der Waals surface area (Å²) in [5.74, 6) is -0.450. The van der Waals surface area contributed by atoms with E-state index < -0.39 is 5.97 Å². The normalized spacial score (nSPS) is 12.8.